The smallest absolute Gasteiger partial charge is 0.256 e. The Morgan fingerprint density at radius 2 is 1.81 bits per heavy atom. The highest BCUT2D eigenvalue weighted by molar-refractivity contribution is 6.03. The van der Waals surface area contributed by atoms with Crippen molar-refractivity contribution in [2.75, 3.05) is 6.54 Å². The Kier molecular flexibility index (Phi) is 4.84. The normalized spacial score (nSPS) is 24.8. The van der Waals surface area contributed by atoms with E-state index in [1.54, 1.807) is 0 Å². The first kappa shape index (κ1) is 16.2. The molecule has 1 aliphatic carbocycles. The number of amides is 2. The molecular formula is C16H28N3O2+. The second-order valence-corrected chi connectivity index (χ2v) is 7.25. The fraction of sp³-hybridized carbons (Fsp3) is 0.750. The van der Waals surface area contributed by atoms with Gasteiger partial charge in [-0.25, -0.2) is 0 Å². The number of hydrogen-bond donors (Lipinski definition) is 2. The molecular weight excluding hydrogens is 266 g/mol. The summed E-state index contributed by atoms with van der Waals surface area (Å²) in [6.45, 7) is 6.97. The van der Waals surface area contributed by atoms with Crippen molar-refractivity contribution in [1.82, 2.24) is 10.2 Å². The Balaban J connectivity index is 1.88. The highest BCUT2D eigenvalue weighted by Crippen LogP contribution is 2.30. The minimum Gasteiger partial charge on any atom is -0.328 e. The third kappa shape index (κ3) is 3.92. The van der Waals surface area contributed by atoms with E-state index in [4.69, 9.17) is 0 Å². The molecule has 1 saturated carbocycles. The van der Waals surface area contributed by atoms with Crippen molar-refractivity contribution in [3.05, 3.63) is 11.8 Å². The van der Waals surface area contributed by atoms with E-state index in [1.807, 2.05) is 20.8 Å². The summed E-state index contributed by atoms with van der Waals surface area (Å²) < 4.78 is 0. The third-order valence-corrected chi connectivity index (χ3v) is 4.67. The largest absolute Gasteiger partial charge is 0.328 e. The Morgan fingerprint density at radius 3 is 2.29 bits per heavy atom. The van der Waals surface area contributed by atoms with Gasteiger partial charge in [-0.15, -0.1) is 0 Å². The average molecular weight is 294 g/mol. The van der Waals surface area contributed by atoms with Gasteiger partial charge in [-0.1, -0.05) is 33.6 Å². The van der Waals surface area contributed by atoms with E-state index in [2.05, 4.69) is 16.0 Å². The molecule has 0 aromatic heterocycles. The van der Waals surface area contributed by atoms with Gasteiger partial charge in [0.2, 0.25) is 5.91 Å². The molecule has 2 fully saturated rings. The molecule has 1 atom stereocenters. The summed E-state index contributed by atoms with van der Waals surface area (Å²) in [5.74, 6) is -0.505. The molecule has 2 aliphatic rings. The maximum Gasteiger partial charge on any atom is 0.256 e. The van der Waals surface area contributed by atoms with Crippen molar-refractivity contribution in [3.8, 4) is 0 Å². The number of rotatable bonds is 3. The number of nitrogens with zero attached hydrogens (tertiary/aromatic N) is 1. The van der Waals surface area contributed by atoms with Crippen molar-refractivity contribution in [3.63, 3.8) is 0 Å². The zero-order chi connectivity index (χ0) is 15.6. The molecule has 2 amide bonds. The van der Waals surface area contributed by atoms with E-state index in [1.165, 1.54) is 31.8 Å². The lowest BCUT2D eigenvalue weighted by Gasteiger charge is -2.43. The van der Waals surface area contributed by atoms with Crippen LogP contribution in [0.5, 0.6) is 0 Å². The van der Waals surface area contributed by atoms with E-state index < -0.39 is 0 Å². The zero-order valence-corrected chi connectivity index (χ0v) is 13.4. The lowest BCUT2D eigenvalue weighted by molar-refractivity contribution is -0.322. The van der Waals surface area contributed by atoms with Crippen LogP contribution in [0.15, 0.2) is 11.8 Å². The van der Waals surface area contributed by atoms with Crippen molar-refractivity contribution < 1.29 is 15.3 Å². The SMILES string of the molecule is CC(C)(C)C([NH3+])=CC(=O)NC(=O)[C@@H]1CCN1C1CCCC1. The monoisotopic (exact) mass is 294 g/mol. The number of carbonyl (C=O) groups is 2. The summed E-state index contributed by atoms with van der Waals surface area (Å²) in [7, 11) is 0. The zero-order valence-electron chi connectivity index (χ0n) is 13.4. The molecule has 0 bridgehead atoms. The molecule has 0 aromatic rings. The first-order chi connectivity index (χ1) is 9.79. The molecule has 5 nitrogen and oxygen atoms in total. The second-order valence-electron chi connectivity index (χ2n) is 7.25. The topological polar surface area (TPSA) is 77.0 Å². The Bertz CT molecular complexity index is 445. The highest BCUT2D eigenvalue weighted by Gasteiger charge is 2.39. The summed E-state index contributed by atoms with van der Waals surface area (Å²) in [6, 6.07) is 0.423. The second kappa shape index (κ2) is 6.28. The van der Waals surface area contributed by atoms with Crippen LogP contribution in [0.25, 0.3) is 0 Å². The number of nitrogens with one attached hydrogen (secondary N) is 1. The van der Waals surface area contributed by atoms with Gasteiger partial charge in [0.25, 0.3) is 5.91 Å². The van der Waals surface area contributed by atoms with Gasteiger partial charge in [0.05, 0.1) is 12.1 Å². The maximum atomic E-state index is 12.2. The van der Waals surface area contributed by atoms with Crippen molar-refractivity contribution in [2.24, 2.45) is 5.41 Å². The summed E-state index contributed by atoms with van der Waals surface area (Å²) >= 11 is 0. The molecule has 2 rings (SSSR count). The number of allylic oxidation sites excluding steroid dienone is 1. The van der Waals surface area contributed by atoms with Crippen LogP contribution in [0.1, 0.15) is 52.9 Å². The van der Waals surface area contributed by atoms with Gasteiger partial charge in [0.1, 0.15) is 5.70 Å². The van der Waals surface area contributed by atoms with Crippen molar-refractivity contribution in [2.45, 2.75) is 65.0 Å². The predicted molar refractivity (Wildman–Crippen MR) is 80.9 cm³/mol. The first-order valence-corrected chi connectivity index (χ1v) is 7.94. The maximum absolute atomic E-state index is 12.2. The fourth-order valence-electron chi connectivity index (χ4n) is 2.98. The Morgan fingerprint density at radius 1 is 1.19 bits per heavy atom. The van der Waals surface area contributed by atoms with E-state index in [9.17, 15) is 9.59 Å². The van der Waals surface area contributed by atoms with E-state index in [-0.39, 0.29) is 23.3 Å². The van der Waals surface area contributed by atoms with Crippen molar-refractivity contribution in [1.29, 1.82) is 0 Å². The van der Waals surface area contributed by atoms with Crippen LogP contribution in [-0.4, -0.2) is 35.3 Å². The fourth-order valence-corrected chi connectivity index (χ4v) is 2.98. The molecule has 4 N–H and O–H groups in total. The van der Waals surface area contributed by atoms with Crippen LogP contribution >= 0.6 is 0 Å². The average Bonchev–Trinajstić information content (AvgIpc) is 2.78. The van der Waals surface area contributed by atoms with E-state index in [0.717, 1.165) is 18.7 Å². The number of carbonyl (C=O) groups excluding carboxylic acids is 2. The minimum atomic E-state index is -0.349. The Hall–Kier alpha value is -1.20. The number of imide groups is 1. The summed E-state index contributed by atoms with van der Waals surface area (Å²) in [5.41, 5.74) is 4.46. The lowest BCUT2D eigenvalue weighted by atomic mass is 9.92. The van der Waals surface area contributed by atoms with E-state index in [0.29, 0.717) is 6.04 Å². The lowest BCUT2D eigenvalue weighted by Crippen LogP contribution is -2.60. The van der Waals surface area contributed by atoms with Crippen LogP contribution in [0, 0.1) is 5.41 Å². The van der Waals surface area contributed by atoms with Crippen LogP contribution in [0.4, 0.5) is 0 Å². The van der Waals surface area contributed by atoms with Gasteiger partial charge in [-0.05, 0) is 19.3 Å². The van der Waals surface area contributed by atoms with E-state index >= 15 is 0 Å². The number of hydrogen-bond acceptors (Lipinski definition) is 3. The van der Waals surface area contributed by atoms with Crippen LogP contribution in [0.3, 0.4) is 0 Å². The third-order valence-electron chi connectivity index (χ3n) is 4.67. The van der Waals surface area contributed by atoms with Crippen molar-refractivity contribution >= 4 is 11.8 Å². The van der Waals surface area contributed by atoms with Gasteiger partial charge in [0, 0.05) is 18.0 Å². The summed E-state index contributed by atoms with van der Waals surface area (Å²) in [4.78, 5) is 26.4. The van der Waals surface area contributed by atoms with Crippen LogP contribution in [-0.2, 0) is 9.59 Å². The van der Waals surface area contributed by atoms with Gasteiger partial charge < -0.3 is 5.73 Å². The minimum absolute atomic E-state index is 0.117. The number of likely N-dealkylation sites (tertiary alicyclic amines) is 1. The summed E-state index contributed by atoms with van der Waals surface area (Å²) in [6.07, 6.45) is 7.18. The van der Waals surface area contributed by atoms with Gasteiger partial charge in [0.15, 0.2) is 0 Å². The van der Waals surface area contributed by atoms with Gasteiger partial charge >= 0.3 is 0 Å². The van der Waals surface area contributed by atoms with Crippen LogP contribution in [0.2, 0.25) is 0 Å². The van der Waals surface area contributed by atoms with Gasteiger partial charge in [-0.2, -0.15) is 0 Å². The molecule has 0 spiro atoms. The molecule has 1 aliphatic heterocycles. The van der Waals surface area contributed by atoms with Gasteiger partial charge in [-0.3, -0.25) is 19.8 Å². The molecule has 0 radical (unpaired) electrons. The highest BCUT2D eigenvalue weighted by atomic mass is 16.2. The number of quaternary nitrogens is 1. The standard InChI is InChI=1S/C16H27N3O2/c1-16(2,3)13(17)10-14(20)18-15(21)12-8-9-19(12)11-6-4-5-7-11/h10-12H,4-9,17H2,1-3H3,(H,18,20,21)/p+1/t12-/m0/s1. The molecule has 1 saturated heterocycles. The molecule has 0 aromatic carbocycles. The molecule has 5 heteroatoms. The molecule has 118 valence electrons. The first-order valence-electron chi connectivity index (χ1n) is 7.94. The van der Waals surface area contributed by atoms with Crippen LogP contribution < -0.4 is 11.1 Å². The summed E-state index contributed by atoms with van der Waals surface area (Å²) in [5, 5.41) is 2.50. The quantitative estimate of drug-likeness (QED) is 0.757. The predicted octanol–water partition coefficient (Wildman–Crippen LogP) is 0.818. The molecule has 1 heterocycles. The Labute approximate surface area is 126 Å². The molecule has 0 unspecified atom stereocenters. The molecule has 21 heavy (non-hydrogen) atoms.